The number of amides is 1. The van der Waals surface area contributed by atoms with E-state index in [9.17, 15) is 18.0 Å². The minimum absolute atomic E-state index is 0.272. The molecule has 1 amide bonds. The van der Waals surface area contributed by atoms with Gasteiger partial charge in [0, 0.05) is 18.0 Å². The number of carbonyl (C=O) groups is 1. The van der Waals surface area contributed by atoms with Gasteiger partial charge < -0.3 is 9.47 Å². The van der Waals surface area contributed by atoms with Crippen molar-refractivity contribution in [1.82, 2.24) is 19.7 Å². The molecule has 0 unspecified atom stereocenters. The zero-order valence-electron chi connectivity index (χ0n) is 19.4. The first-order valence-corrected chi connectivity index (χ1v) is 10.6. The summed E-state index contributed by atoms with van der Waals surface area (Å²) in [6.07, 6.45) is 0.238. The van der Waals surface area contributed by atoms with Crippen LogP contribution in [0.2, 0.25) is 0 Å². The van der Waals surface area contributed by atoms with Crippen molar-refractivity contribution >= 4 is 11.6 Å². The summed E-state index contributed by atoms with van der Waals surface area (Å²) >= 11 is 0. The molecular weight excluding hydrogens is 451 g/mol. The first kappa shape index (κ1) is 23.5. The van der Waals surface area contributed by atoms with Crippen LogP contribution in [0, 0.1) is 0 Å². The molecule has 4 rings (SSSR count). The van der Waals surface area contributed by atoms with Crippen LogP contribution in [-0.4, -0.2) is 46.1 Å². The molecule has 8 nitrogen and oxygen atoms in total. The molecule has 1 aliphatic rings. The number of nitrogens with zero attached hydrogens (tertiary/aromatic N) is 5. The molecule has 0 N–H and O–H groups in total. The summed E-state index contributed by atoms with van der Waals surface area (Å²) in [4.78, 5) is 24.0. The van der Waals surface area contributed by atoms with Crippen molar-refractivity contribution in [1.29, 1.82) is 0 Å². The first-order chi connectivity index (χ1) is 16.0. The number of rotatable bonds is 6. The van der Waals surface area contributed by atoms with Crippen molar-refractivity contribution in [2.45, 2.75) is 45.5 Å². The fourth-order valence-corrected chi connectivity index (χ4v) is 4.23. The Kier molecular flexibility index (Phi) is 5.74. The van der Waals surface area contributed by atoms with E-state index in [1.165, 1.54) is 31.5 Å². The number of methoxy groups -OCH3 is 2. The highest BCUT2D eigenvalue weighted by atomic mass is 19.4. The molecule has 0 radical (unpaired) electrons. The van der Waals surface area contributed by atoms with Gasteiger partial charge in [0.05, 0.1) is 48.6 Å². The Balaban J connectivity index is 1.80. The number of pyridine rings is 2. The van der Waals surface area contributed by atoms with Gasteiger partial charge in [-0.2, -0.15) is 18.3 Å². The molecule has 3 aromatic rings. The summed E-state index contributed by atoms with van der Waals surface area (Å²) in [5.41, 5.74) is 2.38. The van der Waals surface area contributed by atoms with E-state index in [1.807, 2.05) is 13.0 Å². The topological polar surface area (TPSA) is 82.4 Å². The number of halogens is 3. The molecule has 0 atom stereocenters. The van der Waals surface area contributed by atoms with Gasteiger partial charge in [0.1, 0.15) is 6.54 Å². The van der Waals surface area contributed by atoms with Crippen molar-refractivity contribution < 1.29 is 27.4 Å². The Morgan fingerprint density at radius 2 is 1.85 bits per heavy atom. The number of anilines is 1. The summed E-state index contributed by atoms with van der Waals surface area (Å²) in [6.45, 7) is 4.30. The van der Waals surface area contributed by atoms with Crippen LogP contribution < -0.4 is 14.4 Å². The third-order valence-corrected chi connectivity index (χ3v) is 5.78. The number of alkyl halides is 3. The highest BCUT2D eigenvalue weighted by molar-refractivity contribution is 6.12. The quantitative estimate of drug-likeness (QED) is 0.526. The first-order valence-electron chi connectivity index (χ1n) is 10.6. The van der Waals surface area contributed by atoms with Gasteiger partial charge >= 0.3 is 6.18 Å². The van der Waals surface area contributed by atoms with E-state index in [0.717, 1.165) is 10.2 Å². The third kappa shape index (κ3) is 3.95. The molecule has 0 fully saturated rings. The van der Waals surface area contributed by atoms with E-state index in [2.05, 4.69) is 10.1 Å². The van der Waals surface area contributed by atoms with Crippen LogP contribution in [0.1, 0.15) is 42.4 Å². The van der Waals surface area contributed by atoms with Crippen molar-refractivity contribution in [2.24, 2.45) is 0 Å². The lowest BCUT2D eigenvalue weighted by molar-refractivity contribution is -0.142. The van der Waals surface area contributed by atoms with Gasteiger partial charge in [0.15, 0.2) is 5.75 Å². The molecule has 4 heterocycles. The van der Waals surface area contributed by atoms with E-state index in [0.29, 0.717) is 40.6 Å². The summed E-state index contributed by atoms with van der Waals surface area (Å²) < 4.78 is 49.7. The number of ether oxygens (including phenoxy) is 2. The Morgan fingerprint density at radius 1 is 1.12 bits per heavy atom. The number of hydrogen-bond acceptors (Lipinski definition) is 6. The number of fused-ring (bicyclic) bond motifs is 1. The van der Waals surface area contributed by atoms with Gasteiger partial charge in [-0.1, -0.05) is 6.92 Å². The molecule has 0 spiro atoms. The van der Waals surface area contributed by atoms with Crippen LogP contribution in [-0.2, 0) is 18.5 Å². The molecule has 34 heavy (non-hydrogen) atoms. The van der Waals surface area contributed by atoms with Crippen LogP contribution >= 0.6 is 0 Å². The number of aromatic nitrogens is 4. The maximum atomic E-state index is 13.5. The SMILES string of the molecule is CCc1cc(-c2cnc(OC)c(OC)c2)nc2c1C(=O)N(c1cnn(CC(F)(F)F)c1)C2(C)C. The van der Waals surface area contributed by atoms with Gasteiger partial charge in [-0.15, -0.1) is 0 Å². The summed E-state index contributed by atoms with van der Waals surface area (Å²) in [5.74, 6) is 0.447. The highest BCUT2D eigenvalue weighted by Crippen LogP contribution is 2.43. The summed E-state index contributed by atoms with van der Waals surface area (Å²) in [6, 6.07) is 3.58. The fourth-order valence-electron chi connectivity index (χ4n) is 4.23. The average Bonchev–Trinajstić information content (AvgIpc) is 3.30. The third-order valence-electron chi connectivity index (χ3n) is 5.78. The van der Waals surface area contributed by atoms with Gasteiger partial charge in [-0.25, -0.2) is 9.97 Å². The van der Waals surface area contributed by atoms with Crippen LogP contribution in [0.15, 0.2) is 30.7 Å². The minimum atomic E-state index is -4.42. The van der Waals surface area contributed by atoms with Gasteiger partial charge in [0.2, 0.25) is 0 Å². The highest BCUT2D eigenvalue weighted by Gasteiger charge is 2.47. The second-order valence-corrected chi connectivity index (χ2v) is 8.39. The Bertz CT molecular complexity index is 1250. The zero-order chi connectivity index (χ0) is 24.8. The largest absolute Gasteiger partial charge is 0.491 e. The predicted octanol–water partition coefficient (Wildman–Crippen LogP) is 4.38. The Hall–Kier alpha value is -3.63. The minimum Gasteiger partial charge on any atom is -0.491 e. The molecular formula is C23H24F3N5O3. The number of aryl methyl sites for hydroxylation is 1. The average molecular weight is 475 g/mol. The monoisotopic (exact) mass is 475 g/mol. The second kappa shape index (κ2) is 8.30. The van der Waals surface area contributed by atoms with Crippen LogP contribution in [0.3, 0.4) is 0 Å². The zero-order valence-corrected chi connectivity index (χ0v) is 19.4. The van der Waals surface area contributed by atoms with Crippen molar-refractivity contribution in [3.63, 3.8) is 0 Å². The molecule has 180 valence electrons. The number of hydrogen-bond donors (Lipinski definition) is 0. The van der Waals surface area contributed by atoms with Crippen molar-refractivity contribution in [3.8, 4) is 22.9 Å². The van der Waals surface area contributed by atoms with Crippen molar-refractivity contribution in [2.75, 3.05) is 19.1 Å². The molecule has 0 saturated carbocycles. The van der Waals surface area contributed by atoms with Crippen molar-refractivity contribution in [3.05, 3.63) is 47.5 Å². The van der Waals surface area contributed by atoms with E-state index in [-0.39, 0.29) is 11.6 Å². The molecule has 0 aromatic carbocycles. The molecule has 0 aliphatic carbocycles. The normalized spacial score (nSPS) is 14.9. The van der Waals surface area contributed by atoms with E-state index >= 15 is 0 Å². The summed E-state index contributed by atoms with van der Waals surface area (Å²) in [5, 5.41) is 3.80. The van der Waals surface area contributed by atoms with Crippen LogP contribution in [0.4, 0.5) is 18.9 Å². The second-order valence-electron chi connectivity index (χ2n) is 8.39. The molecule has 0 saturated heterocycles. The standard InChI is InChI=1S/C23H24F3N5O3/c1-6-13-7-16(14-8-17(33-4)20(34-5)27-9-14)29-19-18(13)21(32)31(22(19,2)3)15-10-28-30(11-15)12-23(24,25)26/h7-11H,6,12H2,1-5H3. The molecule has 0 bridgehead atoms. The van der Waals surface area contributed by atoms with Gasteiger partial charge in [-0.05, 0) is 38.0 Å². The maximum Gasteiger partial charge on any atom is 0.408 e. The lowest BCUT2D eigenvalue weighted by Crippen LogP contribution is -2.39. The van der Waals surface area contributed by atoms with Crippen LogP contribution in [0.5, 0.6) is 11.6 Å². The smallest absolute Gasteiger partial charge is 0.408 e. The van der Waals surface area contributed by atoms with Gasteiger partial charge in [-0.3, -0.25) is 14.4 Å². The molecule has 3 aromatic heterocycles. The molecule has 11 heteroatoms. The predicted molar refractivity (Wildman–Crippen MR) is 118 cm³/mol. The Labute approximate surface area is 194 Å². The van der Waals surface area contributed by atoms with Gasteiger partial charge in [0.25, 0.3) is 11.8 Å². The van der Waals surface area contributed by atoms with E-state index in [1.54, 1.807) is 26.1 Å². The van der Waals surface area contributed by atoms with E-state index in [4.69, 9.17) is 14.5 Å². The Morgan fingerprint density at radius 3 is 2.47 bits per heavy atom. The lowest BCUT2D eigenvalue weighted by Gasteiger charge is -2.30. The number of carbonyl (C=O) groups excluding carboxylic acids is 1. The summed E-state index contributed by atoms with van der Waals surface area (Å²) in [7, 11) is 3.00. The fraction of sp³-hybridized carbons (Fsp3) is 0.391. The van der Waals surface area contributed by atoms with Crippen LogP contribution in [0.25, 0.3) is 11.3 Å². The maximum absolute atomic E-state index is 13.5. The van der Waals surface area contributed by atoms with E-state index < -0.39 is 18.3 Å². The lowest BCUT2D eigenvalue weighted by atomic mass is 9.94. The molecule has 1 aliphatic heterocycles.